The first-order chi connectivity index (χ1) is 44.2. The third-order valence-electron chi connectivity index (χ3n) is 12.4. The van der Waals surface area contributed by atoms with Crippen molar-refractivity contribution in [3.05, 3.63) is 111 Å². The molecule has 0 aliphatic carbocycles. The van der Waals surface area contributed by atoms with Crippen LogP contribution in [0.3, 0.4) is 0 Å². The lowest BCUT2D eigenvalue weighted by molar-refractivity contribution is -0.143. The molecule has 0 aliphatic rings. The standard InChI is InChI=1S/C21H34N2O4.C20H27ClN8O3.C14H22N2O2.C7H9ClN6OS.HI/c1-5-26-19(24)10-8-16-22-18-13-11-17(12-14-18)9-6-7-15-23-20(25)27-21(2,3)4;21-16-18(23)28-17(22)15(27-16)19(32)29-20(24)26-10-2-1-4-12-6-8-13(9-7-12)25-11-3-5-14(30)31;15-10-2-1-4-12-6-8-13(9-7-12)16-11-3-5-14(17)18;1-16-7(11)14-6(15)2-4(9)13-5(10)3(8)12-2;/h11-14,22H,5-10,15-16H2,1-4H3,(H,23,25);6-9,25H,1-5,10-11H2,(H,30,31)(H4,22,23,28)(H3,24,26,29,32);6-9,16H,1-5,10-11,15H2,(H,17,18);1H3,(H4,9,10,13)(H2,11,14,15);1H. The lowest BCUT2D eigenvalue weighted by atomic mass is 10.1. The van der Waals surface area contributed by atoms with Crippen LogP contribution in [-0.4, -0.2) is 135 Å². The topological polar surface area (TPSA) is 477 Å². The summed E-state index contributed by atoms with van der Waals surface area (Å²) < 4.78 is 10.1. The minimum atomic E-state index is -0.790. The quantitative estimate of drug-likeness (QED) is 0.00627. The van der Waals surface area contributed by atoms with Crippen molar-refractivity contribution in [2.24, 2.45) is 16.5 Å². The molecule has 0 spiro atoms. The summed E-state index contributed by atoms with van der Waals surface area (Å²) in [6.45, 7) is 11.7. The second-order valence-electron chi connectivity index (χ2n) is 21.3. The van der Waals surface area contributed by atoms with Gasteiger partial charge in [-0.25, -0.2) is 24.7 Å². The maximum atomic E-state index is 12.2. The number of amidine groups is 1. The highest BCUT2D eigenvalue weighted by molar-refractivity contribution is 14.0. The summed E-state index contributed by atoms with van der Waals surface area (Å²) in [6.07, 6.45) is 12.8. The number of carboxylic acid groups (broad SMARTS) is 2. The van der Waals surface area contributed by atoms with Crippen molar-refractivity contribution in [2.45, 2.75) is 130 Å². The highest BCUT2D eigenvalue weighted by Gasteiger charge is 2.19. The molecule has 2 heterocycles. The number of amides is 3. The zero-order valence-electron chi connectivity index (χ0n) is 53.9. The fourth-order valence-corrected chi connectivity index (χ4v) is 8.18. The van der Waals surface area contributed by atoms with E-state index < -0.39 is 29.4 Å². The molecule has 0 saturated heterocycles. The maximum Gasteiger partial charge on any atom is 0.407 e. The average Bonchev–Trinajstić information content (AvgIpc) is 1.19. The van der Waals surface area contributed by atoms with Crippen LogP contribution in [-0.2, 0) is 43.1 Å². The number of benzene rings is 3. The van der Waals surface area contributed by atoms with Crippen molar-refractivity contribution in [3.63, 3.8) is 0 Å². The Morgan fingerprint density at radius 1 is 0.585 bits per heavy atom. The number of alkyl carbamates (subject to hydrolysis) is 1. The Balaban J connectivity index is 0.000000647. The Morgan fingerprint density at radius 3 is 1.38 bits per heavy atom. The molecule has 5 rings (SSSR count). The molecule has 2 aromatic heterocycles. The number of thioether (sulfide) groups is 1. The Bertz CT molecular complexity index is 3150. The van der Waals surface area contributed by atoms with Gasteiger partial charge in [0, 0.05) is 69.0 Å². The molecular weight excluding hydrogens is 1390 g/mol. The molecule has 0 aliphatic heterocycles. The number of rotatable bonds is 32. The molecule has 0 saturated carbocycles. The largest absolute Gasteiger partial charge is 0.481 e. The Labute approximate surface area is 580 Å². The van der Waals surface area contributed by atoms with Crippen molar-refractivity contribution in [1.29, 1.82) is 5.41 Å². The summed E-state index contributed by atoms with van der Waals surface area (Å²) in [7, 11) is 0. The molecule has 0 bridgehead atoms. The average molecular weight is 1480 g/mol. The molecule has 0 fully saturated rings. The maximum absolute atomic E-state index is 12.2. The molecule has 0 radical (unpaired) electrons. The number of carbonyl (C=O) groups excluding carboxylic acids is 4. The fraction of sp³-hybridized carbons (Fsp3) is 0.452. The number of unbranched alkanes of at least 4 members (excludes halogenated alkanes) is 3. The number of nitrogens with one attached hydrogen (secondary N) is 7. The van der Waals surface area contributed by atoms with Crippen LogP contribution in [0.1, 0.15) is 142 Å². The van der Waals surface area contributed by atoms with Gasteiger partial charge in [0.1, 0.15) is 5.60 Å². The van der Waals surface area contributed by atoms with Crippen LogP contribution >= 0.6 is 58.9 Å². The molecule has 94 heavy (non-hydrogen) atoms. The SMILES string of the molecule is CCOC(=O)CCCNc1ccc(CCCCNC(=O)OC(C)(C)C)cc1.CSC(=N)NC(=O)c1nc(Cl)c(N)nc1N.I.NC(=NCCCCc1ccc(NCCCC(=O)O)cc1)NC(=O)c1nc(Cl)c(N)nc1N.NCCCCc1ccc(NCCCC(=O)O)cc1. The molecule has 0 atom stereocenters. The number of carbonyl (C=O) groups is 6. The summed E-state index contributed by atoms with van der Waals surface area (Å²) >= 11 is 12.4. The first-order valence-corrected chi connectivity index (χ1v) is 32.2. The van der Waals surface area contributed by atoms with Crippen LogP contribution < -0.4 is 66.3 Å². The van der Waals surface area contributed by atoms with E-state index >= 15 is 0 Å². The number of anilines is 7. The number of ether oxygens (including phenoxy) is 2. The van der Waals surface area contributed by atoms with Crippen molar-refractivity contribution >= 4 is 146 Å². The van der Waals surface area contributed by atoms with Crippen LogP contribution in [0.5, 0.6) is 0 Å². The van der Waals surface area contributed by atoms with Crippen molar-refractivity contribution < 1.29 is 48.5 Å². The van der Waals surface area contributed by atoms with Crippen molar-refractivity contribution in [2.75, 3.05) is 91.0 Å². The normalized spacial score (nSPS) is 10.6. The summed E-state index contributed by atoms with van der Waals surface area (Å²) in [4.78, 5) is 86.4. The number of hydrogen-bond donors (Lipinski definition) is 15. The molecule has 32 heteroatoms. The Morgan fingerprint density at radius 2 is 0.989 bits per heavy atom. The lowest BCUT2D eigenvalue weighted by Crippen LogP contribution is -2.38. The summed E-state index contributed by atoms with van der Waals surface area (Å²) in [6, 6.07) is 24.6. The second-order valence-corrected chi connectivity index (χ2v) is 22.9. The summed E-state index contributed by atoms with van der Waals surface area (Å²) in [5.41, 5.74) is 39.1. The molecule has 21 N–H and O–H groups in total. The number of aliphatic carboxylic acids is 2. The number of halogens is 3. The molecule has 5 aromatic rings. The Kier molecular flexibility index (Phi) is 42.5. The van der Waals surface area contributed by atoms with Crippen LogP contribution in [0.2, 0.25) is 10.3 Å². The number of esters is 1. The van der Waals surface area contributed by atoms with Gasteiger partial charge in [-0.3, -0.25) is 39.7 Å². The van der Waals surface area contributed by atoms with Crippen LogP contribution in [0.15, 0.2) is 77.8 Å². The number of carboxylic acids is 2. The van der Waals surface area contributed by atoms with E-state index in [1.165, 1.54) is 16.7 Å². The minimum Gasteiger partial charge on any atom is -0.481 e. The highest BCUT2D eigenvalue weighted by atomic mass is 127. The zero-order chi connectivity index (χ0) is 69.1. The van der Waals surface area contributed by atoms with E-state index in [1.54, 1.807) is 6.26 Å². The number of nitrogen functional groups attached to an aromatic ring is 4. The van der Waals surface area contributed by atoms with E-state index in [1.807, 2.05) is 64.1 Å². The van der Waals surface area contributed by atoms with Gasteiger partial charge in [-0.15, -0.1) is 24.0 Å². The zero-order valence-corrected chi connectivity index (χ0v) is 58.6. The molecule has 518 valence electrons. The van der Waals surface area contributed by atoms with Crippen molar-refractivity contribution in [1.82, 2.24) is 35.9 Å². The van der Waals surface area contributed by atoms with E-state index in [0.717, 1.165) is 106 Å². The van der Waals surface area contributed by atoms with Crippen LogP contribution in [0.25, 0.3) is 0 Å². The fourth-order valence-electron chi connectivity index (χ4n) is 7.73. The smallest absolute Gasteiger partial charge is 0.407 e. The van der Waals surface area contributed by atoms with Gasteiger partial charge in [0.25, 0.3) is 11.8 Å². The molecule has 28 nitrogen and oxygen atoms in total. The van der Waals surface area contributed by atoms with E-state index in [-0.39, 0.29) is 105 Å². The van der Waals surface area contributed by atoms with Gasteiger partial charge in [0.2, 0.25) is 0 Å². The number of aliphatic imine (C=N–C) groups is 1. The van der Waals surface area contributed by atoms with E-state index in [9.17, 15) is 28.8 Å². The van der Waals surface area contributed by atoms with Gasteiger partial charge in [0.05, 0.1) is 6.61 Å². The summed E-state index contributed by atoms with van der Waals surface area (Å²) in [5, 5.41) is 41.3. The molecule has 0 unspecified atom stereocenters. The highest BCUT2D eigenvalue weighted by Crippen LogP contribution is 2.20. The van der Waals surface area contributed by atoms with E-state index in [4.69, 9.17) is 82.7 Å². The number of hydrogen-bond acceptors (Lipinski definition) is 23. The van der Waals surface area contributed by atoms with Gasteiger partial charge in [-0.1, -0.05) is 71.4 Å². The predicted octanol–water partition coefficient (Wildman–Crippen LogP) is 9.11. The molecule has 3 aromatic carbocycles. The third-order valence-corrected chi connectivity index (χ3v) is 13.5. The van der Waals surface area contributed by atoms with Gasteiger partial charge in [0.15, 0.2) is 56.1 Å². The summed E-state index contributed by atoms with van der Waals surface area (Å²) in [5.74, 6) is -3.45. The van der Waals surface area contributed by atoms with Gasteiger partial charge in [-0.2, -0.15) is 0 Å². The first-order valence-electron chi connectivity index (χ1n) is 30.2. The number of nitrogens with two attached hydrogens (primary N) is 6. The van der Waals surface area contributed by atoms with Crippen LogP contribution in [0.4, 0.5) is 45.1 Å². The van der Waals surface area contributed by atoms with E-state index in [2.05, 4.69) is 93.2 Å². The van der Waals surface area contributed by atoms with Crippen LogP contribution in [0, 0.1) is 5.41 Å². The molecular formula is C62H93Cl2IN18O10S. The van der Waals surface area contributed by atoms with Gasteiger partial charge < -0.3 is 80.7 Å². The van der Waals surface area contributed by atoms with Gasteiger partial charge >= 0.3 is 24.0 Å². The number of aromatic nitrogens is 4. The monoisotopic (exact) mass is 1480 g/mol. The van der Waals surface area contributed by atoms with E-state index in [0.29, 0.717) is 52.0 Å². The minimum absolute atomic E-state index is 0. The predicted molar refractivity (Wildman–Crippen MR) is 386 cm³/mol. The van der Waals surface area contributed by atoms with Crippen molar-refractivity contribution in [3.8, 4) is 0 Å². The third kappa shape index (κ3) is 38.7. The Hall–Kier alpha value is -8.20. The number of guanidine groups is 1. The lowest BCUT2D eigenvalue weighted by Gasteiger charge is -2.19. The number of nitrogens with zero attached hydrogens (tertiary/aromatic N) is 5. The molecule has 3 amide bonds. The first kappa shape index (κ1) is 83.8. The second kappa shape index (κ2) is 47.6. The van der Waals surface area contributed by atoms with Gasteiger partial charge in [-0.05, 0) is 171 Å². The number of aryl methyl sites for hydroxylation is 3.